The van der Waals surface area contributed by atoms with Gasteiger partial charge in [-0.05, 0) is 55.3 Å². The Labute approximate surface area is 176 Å². The normalized spacial score (nSPS) is 19.5. The quantitative estimate of drug-likeness (QED) is 0.592. The van der Waals surface area contributed by atoms with Gasteiger partial charge in [0.15, 0.2) is 24.2 Å². The number of rotatable bonds is 2. The summed E-state index contributed by atoms with van der Waals surface area (Å²) in [6.07, 6.45) is 7.11. The molecule has 30 heavy (non-hydrogen) atoms. The van der Waals surface area contributed by atoms with Crippen LogP contribution in [-0.4, -0.2) is 26.5 Å². The first-order valence-corrected chi connectivity index (χ1v) is 11.0. The molecule has 5 nitrogen and oxygen atoms in total. The summed E-state index contributed by atoms with van der Waals surface area (Å²) in [5.74, 6) is 2.69. The number of methoxy groups -OCH3 is 1. The monoisotopic (exact) mass is 403 g/mol. The number of nitrogens with zero attached hydrogens (tertiary/aromatic N) is 2. The molecule has 3 aromatic rings. The highest BCUT2D eigenvalue weighted by atomic mass is 16.7. The molecule has 1 saturated heterocycles. The molecule has 0 spiro atoms. The summed E-state index contributed by atoms with van der Waals surface area (Å²) in [5.41, 5.74) is 5.06. The highest BCUT2D eigenvalue weighted by molar-refractivity contribution is 5.98. The van der Waals surface area contributed by atoms with Gasteiger partial charge in [0.2, 0.25) is 12.5 Å². The summed E-state index contributed by atoms with van der Waals surface area (Å²) in [6.45, 7) is 4.70. The van der Waals surface area contributed by atoms with E-state index in [4.69, 9.17) is 14.2 Å². The van der Waals surface area contributed by atoms with Gasteiger partial charge in [-0.3, -0.25) is 0 Å². The number of benzene rings is 2. The van der Waals surface area contributed by atoms with Gasteiger partial charge in [-0.15, -0.1) is 0 Å². The molecule has 0 radical (unpaired) electrons. The highest BCUT2D eigenvalue weighted by Gasteiger charge is 2.30. The molecule has 1 atom stereocenters. The average molecular weight is 404 g/mol. The fourth-order valence-electron chi connectivity index (χ4n) is 5.30. The molecule has 0 saturated carbocycles. The summed E-state index contributed by atoms with van der Waals surface area (Å²) in [7, 11) is 1.78. The van der Waals surface area contributed by atoms with Gasteiger partial charge in [-0.1, -0.05) is 6.07 Å². The maximum Gasteiger partial charge on any atom is 0.231 e. The third kappa shape index (κ3) is 2.64. The molecule has 4 heterocycles. The molecule has 154 valence electrons. The minimum Gasteiger partial charge on any atom is -0.495 e. The first-order valence-electron chi connectivity index (χ1n) is 11.0. The third-order valence-corrected chi connectivity index (χ3v) is 6.91. The van der Waals surface area contributed by atoms with Crippen molar-refractivity contribution in [2.24, 2.45) is 0 Å². The zero-order valence-electron chi connectivity index (χ0n) is 17.6. The first kappa shape index (κ1) is 17.9. The van der Waals surface area contributed by atoms with Crippen molar-refractivity contribution < 1.29 is 18.8 Å². The van der Waals surface area contributed by atoms with Crippen LogP contribution in [0.3, 0.4) is 0 Å². The van der Waals surface area contributed by atoms with E-state index >= 15 is 0 Å². The predicted molar refractivity (Wildman–Crippen MR) is 117 cm³/mol. The SMILES string of the molecule is COc1ccc2cc3[n+](cc2c1N1CCCCC1C)CCc1cc2c(cc1-3)OCO2. The largest absolute Gasteiger partial charge is 0.495 e. The number of pyridine rings is 1. The van der Waals surface area contributed by atoms with E-state index in [9.17, 15) is 0 Å². The van der Waals surface area contributed by atoms with Gasteiger partial charge in [-0.2, -0.15) is 4.57 Å². The number of hydrogen-bond acceptors (Lipinski definition) is 4. The molecule has 1 unspecified atom stereocenters. The number of aryl methyl sites for hydroxylation is 2. The van der Waals surface area contributed by atoms with E-state index in [1.165, 1.54) is 52.5 Å². The lowest BCUT2D eigenvalue weighted by molar-refractivity contribution is -0.686. The lowest BCUT2D eigenvalue weighted by Gasteiger charge is -2.36. The Morgan fingerprint density at radius 3 is 2.80 bits per heavy atom. The second-order valence-electron chi connectivity index (χ2n) is 8.62. The predicted octanol–water partition coefficient (Wildman–Crippen LogP) is 4.47. The van der Waals surface area contributed by atoms with E-state index in [-0.39, 0.29) is 0 Å². The van der Waals surface area contributed by atoms with E-state index in [1.807, 2.05) is 0 Å². The van der Waals surface area contributed by atoms with E-state index in [0.29, 0.717) is 12.8 Å². The Balaban J connectivity index is 1.55. The van der Waals surface area contributed by atoms with Crippen molar-refractivity contribution in [2.45, 2.75) is 45.2 Å². The Hall–Kier alpha value is -2.95. The molecule has 0 N–H and O–H groups in total. The van der Waals surface area contributed by atoms with Gasteiger partial charge in [0.25, 0.3) is 0 Å². The van der Waals surface area contributed by atoms with Crippen LogP contribution in [0.2, 0.25) is 0 Å². The maximum atomic E-state index is 5.82. The Morgan fingerprint density at radius 1 is 1.10 bits per heavy atom. The summed E-state index contributed by atoms with van der Waals surface area (Å²) in [5, 5.41) is 2.52. The lowest BCUT2D eigenvalue weighted by atomic mass is 9.94. The minimum absolute atomic E-state index is 0.313. The van der Waals surface area contributed by atoms with E-state index in [2.05, 4.69) is 52.9 Å². The smallest absolute Gasteiger partial charge is 0.231 e. The van der Waals surface area contributed by atoms with Gasteiger partial charge >= 0.3 is 0 Å². The molecule has 2 aromatic carbocycles. The minimum atomic E-state index is 0.313. The van der Waals surface area contributed by atoms with Gasteiger partial charge in [0.05, 0.1) is 23.7 Å². The van der Waals surface area contributed by atoms with Crippen LogP contribution in [-0.2, 0) is 13.0 Å². The van der Waals surface area contributed by atoms with Crippen molar-refractivity contribution in [2.75, 3.05) is 25.3 Å². The van der Waals surface area contributed by atoms with E-state index in [1.54, 1.807) is 7.11 Å². The molecule has 3 aliphatic rings. The zero-order chi connectivity index (χ0) is 20.2. The molecular weight excluding hydrogens is 376 g/mol. The Bertz CT molecular complexity index is 1160. The topological polar surface area (TPSA) is 34.8 Å². The van der Waals surface area contributed by atoms with E-state index < -0.39 is 0 Å². The lowest BCUT2D eigenvalue weighted by Crippen LogP contribution is -2.41. The fraction of sp³-hybridized carbons (Fsp3) is 0.400. The van der Waals surface area contributed by atoms with Gasteiger partial charge in [0.1, 0.15) is 5.75 Å². The molecule has 0 aliphatic carbocycles. The van der Waals surface area contributed by atoms with Gasteiger partial charge in [0, 0.05) is 25.1 Å². The van der Waals surface area contributed by atoms with Gasteiger partial charge in [-0.25, -0.2) is 0 Å². The summed E-state index contributed by atoms with van der Waals surface area (Å²) in [6, 6.07) is 11.5. The third-order valence-electron chi connectivity index (χ3n) is 6.91. The van der Waals surface area contributed by atoms with Crippen LogP contribution in [0.15, 0.2) is 36.5 Å². The second-order valence-corrected chi connectivity index (χ2v) is 8.62. The standard InChI is InChI=1S/C25H27N2O3/c1-16-5-3-4-9-27(16)25-20-14-26-10-8-18-12-23-24(30-15-29-23)13-19(18)21(26)11-17(20)6-7-22(25)28-2/h6-7,11-14,16H,3-5,8-10,15H2,1-2H3/q+1. The van der Waals surface area contributed by atoms with Crippen LogP contribution in [0, 0.1) is 0 Å². The van der Waals surface area contributed by atoms with Crippen molar-refractivity contribution in [3.63, 3.8) is 0 Å². The number of piperidine rings is 1. The number of fused-ring (bicyclic) bond motifs is 5. The first-order chi connectivity index (χ1) is 14.7. The van der Waals surface area contributed by atoms with Crippen molar-refractivity contribution in [3.8, 4) is 28.5 Å². The van der Waals surface area contributed by atoms with Crippen molar-refractivity contribution in [1.82, 2.24) is 0 Å². The molecule has 0 bridgehead atoms. The van der Waals surface area contributed by atoms with Crippen LogP contribution in [0.1, 0.15) is 31.7 Å². The van der Waals surface area contributed by atoms with E-state index in [0.717, 1.165) is 36.8 Å². The highest BCUT2D eigenvalue weighted by Crippen LogP contribution is 2.42. The zero-order valence-corrected chi connectivity index (χ0v) is 17.6. The summed E-state index contributed by atoms with van der Waals surface area (Å²) < 4.78 is 19.5. The second kappa shape index (κ2) is 6.79. The number of aromatic nitrogens is 1. The van der Waals surface area contributed by atoms with Crippen LogP contribution in [0.5, 0.6) is 17.2 Å². The van der Waals surface area contributed by atoms with Crippen molar-refractivity contribution >= 4 is 16.5 Å². The maximum absolute atomic E-state index is 5.82. The van der Waals surface area contributed by atoms with Crippen molar-refractivity contribution in [3.05, 3.63) is 42.1 Å². The molecule has 1 fully saturated rings. The Kier molecular flexibility index (Phi) is 4.05. The number of hydrogen-bond donors (Lipinski definition) is 0. The molecule has 5 heteroatoms. The molecule has 1 aromatic heterocycles. The summed E-state index contributed by atoms with van der Waals surface area (Å²) >= 11 is 0. The van der Waals surface area contributed by atoms with Crippen LogP contribution in [0.25, 0.3) is 22.0 Å². The molecule has 3 aliphatic heterocycles. The fourth-order valence-corrected chi connectivity index (χ4v) is 5.30. The van der Waals surface area contributed by atoms with Gasteiger partial charge < -0.3 is 19.1 Å². The summed E-state index contributed by atoms with van der Waals surface area (Å²) in [4.78, 5) is 2.55. The average Bonchev–Trinajstić information content (AvgIpc) is 3.23. The molecular formula is C25H27N2O3+. The van der Waals surface area contributed by atoms with Crippen LogP contribution in [0.4, 0.5) is 5.69 Å². The van der Waals surface area contributed by atoms with Crippen molar-refractivity contribution in [1.29, 1.82) is 0 Å². The molecule has 0 amide bonds. The Morgan fingerprint density at radius 2 is 1.97 bits per heavy atom. The number of anilines is 1. The molecule has 6 rings (SSSR count). The van der Waals surface area contributed by atoms with Crippen LogP contribution >= 0.6 is 0 Å². The number of ether oxygens (including phenoxy) is 3. The van der Waals surface area contributed by atoms with Crippen LogP contribution < -0.4 is 23.7 Å².